The Bertz CT molecular complexity index is 853. The molecule has 0 aromatic rings. The molecule has 0 aliphatic heterocycles. The molecule has 2 atom stereocenters. The van der Waals surface area contributed by atoms with Crippen molar-refractivity contribution in [3.63, 3.8) is 0 Å². The molecule has 210 valence electrons. The molecular formula is C30H49NO5S. The highest BCUT2D eigenvalue weighted by atomic mass is 32.2. The number of amides is 1. The van der Waals surface area contributed by atoms with E-state index in [4.69, 9.17) is 0 Å². The lowest BCUT2D eigenvalue weighted by Crippen LogP contribution is -2.46. The number of aliphatic hydroxyl groups excluding tert-OH is 1. The molecule has 6 nitrogen and oxygen atoms in total. The Hall–Kier alpha value is -2.22. The van der Waals surface area contributed by atoms with Crippen molar-refractivity contribution in [2.45, 2.75) is 103 Å². The lowest BCUT2D eigenvalue weighted by molar-refractivity contribution is -0.122. The van der Waals surface area contributed by atoms with Crippen LogP contribution in [-0.4, -0.2) is 41.9 Å². The zero-order valence-electron chi connectivity index (χ0n) is 22.8. The van der Waals surface area contributed by atoms with Crippen LogP contribution in [-0.2, 0) is 14.9 Å². The maximum absolute atomic E-state index is 12.3. The molecule has 2 unspecified atom stereocenters. The van der Waals surface area contributed by atoms with Crippen LogP contribution in [0.1, 0.15) is 90.9 Å². The third-order valence-electron chi connectivity index (χ3n) is 5.35. The van der Waals surface area contributed by atoms with Crippen LogP contribution >= 0.6 is 0 Å². The van der Waals surface area contributed by atoms with Gasteiger partial charge in [-0.3, -0.25) is 9.35 Å². The number of hydrogen-bond acceptors (Lipinski definition) is 4. The molecule has 0 saturated heterocycles. The van der Waals surface area contributed by atoms with Crippen molar-refractivity contribution < 1.29 is 22.9 Å². The molecule has 7 heteroatoms. The van der Waals surface area contributed by atoms with Crippen LogP contribution in [0.4, 0.5) is 0 Å². The third kappa shape index (κ3) is 25.2. The highest BCUT2D eigenvalue weighted by Crippen LogP contribution is 2.06. The van der Waals surface area contributed by atoms with Gasteiger partial charge in [0.25, 0.3) is 10.1 Å². The molecule has 0 aromatic carbocycles. The molecule has 1 amide bonds. The number of aliphatic hydroxyl groups is 1. The van der Waals surface area contributed by atoms with Gasteiger partial charge in [-0.1, -0.05) is 93.2 Å². The largest absolute Gasteiger partial charge is 0.387 e. The molecule has 3 N–H and O–H groups in total. The van der Waals surface area contributed by atoms with Gasteiger partial charge < -0.3 is 10.4 Å². The quantitative estimate of drug-likeness (QED) is 0.0805. The Morgan fingerprint density at radius 2 is 1.30 bits per heavy atom. The summed E-state index contributed by atoms with van der Waals surface area (Å²) in [6.45, 7) is 4.23. The van der Waals surface area contributed by atoms with E-state index in [2.05, 4.69) is 79.9 Å². The molecule has 0 fully saturated rings. The van der Waals surface area contributed by atoms with Crippen molar-refractivity contribution in [1.82, 2.24) is 5.32 Å². The Kier molecular flexibility index (Phi) is 22.7. The number of hydrogen-bond donors (Lipinski definition) is 3. The second-order valence-corrected chi connectivity index (χ2v) is 10.4. The Morgan fingerprint density at radius 1 is 0.757 bits per heavy atom. The number of allylic oxidation sites excluding steroid dienone is 11. The predicted molar refractivity (Wildman–Crippen MR) is 156 cm³/mol. The Morgan fingerprint density at radius 3 is 1.89 bits per heavy atom. The van der Waals surface area contributed by atoms with Gasteiger partial charge in [-0.15, -0.1) is 0 Å². The summed E-state index contributed by atoms with van der Waals surface area (Å²) in [5, 5.41) is 12.9. The summed E-state index contributed by atoms with van der Waals surface area (Å²) in [4.78, 5) is 12.3. The Balaban J connectivity index is 4.25. The van der Waals surface area contributed by atoms with Gasteiger partial charge >= 0.3 is 0 Å². The van der Waals surface area contributed by atoms with E-state index in [9.17, 15) is 22.9 Å². The first-order valence-corrected chi connectivity index (χ1v) is 15.2. The fourth-order valence-electron chi connectivity index (χ4n) is 3.34. The summed E-state index contributed by atoms with van der Waals surface area (Å²) < 4.78 is 31.9. The highest BCUT2D eigenvalue weighted by Gasteiger charge is 2.24. The van der Waals surface area contributed by atoms with Gasteiger partial charge in [0.15, 0.2) is 0 Å². The first kappa shape index (κ1) is 34.8. The summed E-state index contributed by atoms with van der Waals surface area (Å²) in [5.41, 5.74) is 0. The third-order valence-corrected chi connectivity index (χ3v) is 6.13. The minimum absolute atomic E-state index is 0.230. The number of carbonyl (C=O) groups is 1. The molecule has 0 spiro atoms. The zero-order valence-corrected chi connectivity index (χ0v) is 23.6. The van der Waals surface area contributed by atoms with Crippen molar-refractivity contribution in [3.8, 4) is 0 Å². The standard InChI is InChI=1S/C30H49NO5S/c1-3-5-7-9-11-12-13-14-15-16-17-18-20-22-24-26-30(33)31-28(27-37(34,35)36)29(32)25-23-21-19-10-8-6-4-2/h5,7-8,10-12,14-15,17-18,23,25,28-29,32H,3-4,6,9,13,16,19-22,24,26-27H2,1-2H3,(H,31,33)(H,34,35,36)/b7-5-,10-8+,12-11-,15-14-,18-17-,25-23+. The number of nitrogens with one attached hydrogen (secondary N) is 1. The lowest BCUT2D eigenvalue weighted by atomic mass is 10.1. The maximum atomic E-state index is 12.3. The van der Waals surface area contributed by atoms with Crippen molar-refractivity contribution in [2.75, 3.05) is 5.75 Å². The van der Waals surface area contributed by atoms with Crippen LogP contribution in [0.3, 0.4) is 0 Å². The van der Waals surface area contributed by atoms with Crippen LogP contribution in [0.5, 0.6) is 0 Å². The van der Waals surface area contributed by atoms with E-state index in [1.807, 2.05) is 0 Å². The monoisotopic (exact) mass is 535 g/mol. The van der Waals surface area contributed by atoms with Gasteiger partial charge in [-0.25, -0.2) is 0 Å². The summed E-state index contributed by atoms with van der Waals surface area (Å²) >= 11 is 0. The minimum atomic E-state index is -4.35. The van der Waals surface area contributed by atoms with E-state index in [-0.39, 0.29) is 12.3 Å². The highest BCUT2D eigenvalue weighted by molar-refractivity contribution is 7.85. The lowest BCUT2D eigenvalue weighted by Gasteiger charge is -2.21. The van der Waals surface area contributed by atoms with Crippen LogP contribution in [0.25, 0.3) is 0 Å². The van der Waals surface area contributed by atoms with E-state index < -0.39 is 28.0 Å². The van der Waals surface area contributed by atoms with Crippen molar-refractivity contribution in [1.29, 1.82) is 0 Å². The molecule has 0 saturated carbocycles. The van der Waals surface area contributed by atoms with Gasteiger partial charge in [0.05, 0.1) is 17.9 Å². The number of unbranched alkanes of at least 4 members (excludes halogenated alkanes) is 4. The molecule has 0 radical (unpaired) electrons. The first-order chi connectivity index (χ1) is 17.8. The summed E-state index contributed by atoms with van der Waals surface area (Å²) in [6, 6.07) is -1.09. The fourth-order valence-corrected chi connectivity index (χ4v) is 4.08. The molecule has 0 bridgehead atoms. The Labute approximate surface area is 225 Å². The van der Waals surface area contributed by atoms with Crippen LogP contribution in [0, 0.1) is 0 Å². The van der Waals surface area contributed by atoms with Crippen molar-refractivity contribution >= 4 is 16.0 Å². The van der Waals surface area contributed by atoms with Gasteiger partial charge in [0.1, 0.15) is 0 Å². The molecule has 0 aliphatic carbocycles. The zero-order chi connectivity index (χ0) is 27.6. The summed E-state index contributed by atoms with van der Waals surface area (Å²) in [7, 11) is -4.35. The number of rotatable bonds is 22. The second kappa shape index (κ2) is 24.1. The minimum Gasteiger partial charge on any atom is -0.387 e. The summed E-state index contributed by atoms with van der Waals surface area (Å²) in [6.07, 6.45) is 33.4. The van der Waals surface area contributed by atoms with E-state index in [1.54, 1.807) is 6.08 Å². The van der Waals surface area contributed by atoms with E-state index in [0.29, 0.717) is 12.8 Å². The molecule has 0 heterocycles. The molecule has 0 aliphatic rings. The molecule has 0 rings (SSSR count). The second-order valence-electron chi connectivity index (χ2n) is 8.93. The average molecular weight is 536 g/mol. The average Bonchev–Trinajstić information content (AvgIpc) is 2.84. The smallest absolute Gasteiger partial charge is 0.267 e. The van der Waals surface area contributed by atoms with Gasteiger partial charge in [-0.2, -0.15) is 8.42 Å². The summed E-state index contributed by atoms with van der Waals surface area (Å²) in [5.74, 6) is -1.07. The van der Waals surface area contributed by atoms with Crippen LogP contribution < -0.4 is 5.32 Å². The normalized spacial score (nSPS) is 14.8. The van der Waals surface area contributed by atoms with E-state index in [0.717, 1.165) is 57.8 Å². The maximum Gasteiger partial charge on any atom is 0.267 e. The topological polar surface area (TPSA) is 104 Å². The van der Waals surface area contributed by atoms with Crippen LogP contribution in [0.2, 0.25) is 0 Å². The number of carbonyl (C=O) groups excluding carboxylic acids is 1. The molecule has 37 heavy (non-hydrogen) atoms. The van der Waals surface area contributed by atoms with Gasteiger partial charge in [-0.05, 0) is 64.2 Å². The molecule has 0 aromatic heterocycles. The fraction of sp³-hybridized carbons (Fsp3) is 0.567. The predicted octanol–water partition coefficient (Wildman–Crippen LogP) is 6.78. The van der Waals surface area contributed by atoms with E-state index in [1.165, 1.54) is 6.08 Å². The van der Waals surface area contributed by atoms with E-state index >= 15 is 0 Å². The van der Waals surface area contributed by atoms with Gasteiger partial charge in [0, 0.05) is 6.42 Å². The van der Waals surface area contributed by atoms with Crippen molar-refractivity contribution in [2.24, 2.45) is 0 Å². The van der Waals surface area contributed by atoms with Crippen LogP contribution in [0.15, 0.2) is 72.9 Å². The van der Waals surface area contributed by atoms with Crippen molar-refractivity contribution in [3.05, 3.63) is 72.9 Å². The first-order valence-electron chi connectivity index (χ1n) is 13.6. The SMILES string of the molecule is CC/C=C\C/C=C\C/C=C\C/C=C\CCCCC(=O)NC(CS(=O)(=O)O)C(O)/C=C/CC/C=C/CCC. The van der Waals surface area contributed by atoms with Gasteiger partial charge in [0.2, 0.25) is 5.91 Å². The molecular weight excluding hydrogens is 486 g/mol.